The highest BCUT2D eigenvalue weighted by Gasteiger charge is 2.67. The fourth-order valence-corrected chi connectivity index (χ4v) is 5.37. The van der Waals surface area contributed by atoms with E-state index in [1.807, 2.05) is 6.20 Å². The van der Waals surface area contributed by atoms with Gasteiger partial charge in [0.2, 0.25) is 11.8 Å². The first-order chi connectivity index (χ1) is 17.5. The first kappa shape index (κ1) is 21.3. The molecule has 2 atom stereocenters. The normalized spacial score (nSPS) is 21.9. The molecule has 9 nitrogen and oxygen atoms in total. The minimum atomic E-state index is -0.860. The van der Waals surface area contributed by atoms with Crippen LogP contribution in [0.1, 0.15) is 42.0 Å². The molecule has 2 aliphatic carbocycles. The number of fused-ring (bicyclic) bond motifs is 3. The summed E-state index contributed by atoms with van der Waals surface area (Å²) in [7, 11) is 0. The van der Waals surface area contributed by atoms with Crippen molar-refractivity contribution >= 4 is 46.4 Å². The smallest absolute Gasteiger partial charge is 0.235 e. The minimum absolute atomic E-state index is 0.165. The van der Waals surface area contributed by atoms with Crippen LogP contribution >= 0.6 is 11.6 Å². The SMILES string of the molecule is O=C(Nc1cc(NCc2cn3cc(C4CC4)ccc3n2)ncn1)[C@@H]1C[C@]12C(=O)Nc1ccc(Cl)cc12. The van der Waals surface area contributed by atoms with Gasteiger partial charge in [-0.2, -0.15) is 0 Å². The van der Waals surface area contributed by atoms with E-state index in [1.54, 1.807) is 24.3 Å². The second-order valence-electron chi connectivity index (χ2n) is 9.74. The molecule has 1 aromatic carbocycles. The summed E-state index contributed by atoms with van der Waals surface area (Å²) >= 11 is 6.15. The van der Waals surface area contributed by atoms with Crippen LogP contribution < -0.4 is 16.0 Å². The molecule has 3 aliphatic rings. The number of amides is 2. The number of hydrogen-bond donors (Lipinski definition) is 3. The van der Waals surface area contributed by atoms with E-state index in [0.29, 0.717) is 41.2 Å². The minimum Gasteiger partial charge on any atom is -0.364 e. The lowest BCUT2D eigenvalue weighted by atomic mass is 9.94. The number of hydrogen-bond acceptors (Lipinski definition) is 6. The predicted octanol–water partition coefficient (Wildman–Crippen LogP) is 4.12. The summed E-state index contributed by atoms with van der Waals surface area (Å²) in [5.74, 6) is 0.720. The van der Waals surface area contributed by atoms with E-state index in [9.17, 15) is 9.59 Å². The van der Waals surface area contributed by atoms with E-state index in [2.05, 4.69) is 53.6 Å². The molecule has 36 heavy (non-hydrogen) atoms. The lowest BCUT2D eigenvalue weighted by Crippen LogP contribution is -2.27. The Hall–Kier alpha value is -3.98. The summed E-state index contributed by atoms with van der Waals surface area (Å²) in [5.41, 5.74) is 3.78. The van der Waals surface area contributed by atoms with Gasteiger partial charge in [0.15, 0.2) is 0 Å². The molecule has 2 amide bonds. The van der Waals surface area contributed by atoms with E-state index >= 15 is 0 Å². The molecule has 7 rings (SSSR count). The van der Waals surface area contributed by atoms with Crippen molar-refractivity contribution in [3.63, 3.8) is 0 Å². The van der Waals surface area contributed by atoms with E-state index in [4.69, 9.17) is 11.6 Å². The number of pyridine rings is 1. The Kier molecular flexibility index (Phi) is 4.59. The Labute approximate surface area is 211 Å². The molecule has 0 saturated heterocycles. The van der Waals surface area contributed by atoms with Crippen LogP contribution in [0.4, 0.5) is 17.3 Å². The van der Waals surface area contributed by atoms with Crippen LogP contribution in [0.2, 0.25) is 5.02 Å². The maximum absolute atomic E-state index is 13.0. The van der Waals surface area contributed by atoms with Crippen LogP contribution in [-0.4, -0.2) is 31.2 Å². The van der Waals surface area contributed by atoms with Gasteiger partial charge in [0.05, 0.1) is 23.6 Å². The van der Waals surface area contributed by atoms with Crippen molar-refractivity contribution in [1.82, 2.24) is 19.4 Å². The number of carbonyl (C=O) groups excluding carboxylic acids is 2. The number of halogens is 1. The molecular weight excluding hydrogens is 478 g/mol. The quantitative estimate of drug-likeness (QED) is 0.368. The summed E-state index contributed by atoms with van der Waals surface area (Å²) in [5, 5.41) is 9.49. The Morgan fingerprint density at radius 2 is 2.00 bits per heavy atom. The molecule has 1 spiro atoms. The Balaban J connectivity index is 1.03. The third kappa shape index (κ3) is 3.50. The Bertz CT molecular complexity index is 1560. The highest BCUT2D eigenvalue weighted by atomic mass is 35.5. The van der Waals surface area contributed by atoms with E-state index in [1.165, 1.54) is 24.7 Å². The highest BCUT2D eigenvalue weighted by molar-refractivity contribution is 6.31. The standard InChI is InChI=1S/C26H22ClN7O2/c27-16-4-5-20-18(7-16)26(25(36)32-20)9-19(26)24(35)33-22-8-21(29-13-30-22)28-10-17-12-34-11-15(14-1-2-14)3-6-23(34)31-17/h3-8,11-14,19H,1-2,9-10H2,(H,32,36)(H2,28,29,30,33,35)/t19-,26+/m0/s1. The van der Waals surface area contributed by atoms with Crippen LogP contribution in [0.5, 0.6) is 0 Å². The molecule has 10 heteroatoms. The molecule has 0 bridgehead atoms. The molecule has 3 N–H and O–H groups in total. The number of anilines is 3. The number of carbonyl (C=O) groups is 2. The zero-order valence-electron chi connectivity index (χ0n) is 19.2. The largest absolute Gasteiger partial charge is 0.364 e. The van der Waals surface area contributed by atoms with E-state index in [0.717, 1.165) is 16.9 Å². The highest BCUT2D eigenvalue weighted by Crippen LogP contribution is 2.60. The summed E-state index contributed by atoms with van der Waals surface area (Å²) in [6.45, 7) is 0.480. The number of benzene rings is 1. The fourth-order valence-electron chi connectivity index (χ4n) is 5.20. The summed E-state index contributed by atoms with van der Waals surface area (Å²) < 4.78 is 2.06. The topological polar surface area (TPSA) is 113 Å². The predicted molar refractivity (Wildman–Crippen MR) is 135 cm³/mol. The summed E-state index contributed by atoms with van der Waals surface area (Å²) in [4.78, 5) is 38.8. The zero-order valence-corrected chi connectivity index (χ0v) is 19.9. The van der Waals surface area contributed by atoms with Crippen molar-refractivity contribution < 1.29 is 9.59 Å². The van der Waals surface area contributed by atoms with Crippen molar-refractivity contribution in [1.29, 1.82) is 0 Å². The first-order valence-electron chi connectivity index (χ1n) is 12.0. The molecule has 2 saturated carbocycles. The lowest BCUT2D eigenvalue weighted by molar-refractivity contribution is -0.122. The molecule has 3 aromatic heterocycles. The van der Waals surface area contributed by atoms with Gasteiger partial charge in [-0.1, -0.05) is 17.7 Å². The first-order valence-corrected chi connectivity index (χ1v) is 12.3. The van der Waals surface area contributed by atoms with Gasteiger partial charge in [-0.15, -0.1) is 0 Å². The van der Waals surface area contributed by atoms with Gasteiger partial charge < -0.3 is 20.4 Å². The average Bonchev–Trinajstić information content (AvgIpc) is 3.78. The average molecular weight is 500 g/mol. The van der Waals surface area contributed by atoms with Gasteiger partial charge in [0, 0.05) is 29.2 Å². The van der Waals surface area contributed by atoms with Gasteiger partial charge in [0.25, 0.3) is 0 Å². The van der Waals surface area contributed by atoms with Crippen LogP contribution in [0, 0.1) is 5.92 Å². The van der Waals surface area contributed by atoms with Crippen LogP contribution in [0.25, 0.3) is 5.65 Å². The van der Waals surface area contributed by atoms with E-state index < -0.39 is 11.3 Å². The third-order valence-electron chi connectivity index (χ3n) is 7.33. The number of nitrogens with one attached hydrogen (secondary N) is 3. The number of aromatic nitrogens is 4. The summed E-state index contributed by atoms with van der Waals surface area (Å²) in [6, 6.07) is 11.1. The Morgan fingerprint density at radius 3 is 2.86 bits per heavy atom. The number of rotatable bonds is 6. The van der Waals surface area contributed by atoms with Gasteiger partial charge in [0.1, 0.15) is 23.6 Å². The third-order valence-corrected chi connectivity index (χ3v) is 7.57. The zero-order chi connectivity index (χ0) is 24.4. The van der Waals surface area contributed by atoms with Crippen molar-refractivity contribution in [2.75, 3.05) is 16.0 Å². The Morgan fingerprint density at radius 1 is 1.14 bits per heavy atom. The van der Waals surface area contributed by atoms with Crippen LogP contribution in [-0.2, 0) is 21.5 Å². The molecule has 2 fully saturated rings. The van der Waals surface area contributed by atoms with Crippen molar-refractivity contribution in [2.24, 2.45) is 5.92 Å². The molecule has 0 unspecified atom stereocenters. The van der Waals surface area contributed by atoms with Gasteiger partial charge in [-0.05, 0) is 60.6 Å². The molecule has 0 radical (unpaired) electrons. The number of imidazole rings is 1. The van der Waals surface area contributed by atoms with Crippen molar-refractivity contribution in [3.05, 3.63) is 77.0 Å². The van der Waals surface area contributed by atoms with Gasteiger partial charge in [-0.3, -0.25) is 9.59 Å². The second-order valence-corrected chi connectivity index (χ2v) is 10.2. The summed E-state index contributed by atoms with van der Waals surface area (Å²) in [6.07, 6.45) is 8.52. The molecular formula is C26H22ClN7O2. The molecule has 180 valence electrons. The number of nitrogens with zero attached hydrogens (tertiary/aromatic N) is 4. The lowest BCUT2D eigenvalue weighted by Gasteiger charge is -2.10. The van der Waals surface area contributed by atoms with Crippen molar-refractivity contribution in [2.45, 2.75) is 37.1 Å². The van der Waals surface area contributed by atoms with Gasteiger partial charge >= 0.3 is 0 Å². The maximum atomic E-state index is 13.0. The van der Waals surface area contributed by atoms with Gasteiger partial charge in [-0.25, -0.2) is 15.0 Å². The fraction of sp³-hybridized carbons (Fsp3) is 0.269. The molecule has 1 aliphatic heterocycles. The molecule has 4 aromatic rings. The van der Waals surface area contributed by atoms with E-state index in [-0.39, 0.29) is 11.8 Å². The maximum Gasteiger partial charge on any atom is 0.235 e. The monoisotopic (exact) mass is 499 g/mol. The van der Waals surface area contributed by atoms with Crippen LogP contribution in [0.3, 0.4) is 0 Å². The molecule has 4 heterocycles. The van der Waals surface area contributed by atoms with Crippen LogP contribution in [0.15, 0.2) is 55.1 Å². The van der Waals surface area contributed by atoms with Crippen molar-refractivity contribution in [3.8, 4) is 0 Å². The second kappa shape index (κ2) is 7.76.